The van der Waals surface area contributed by atoms with Crippen LogP contribution in [0.5, 0.6) is 0 Å². The topological polar surface area (TPSA) is 63.2 Å². The van der Waals surface area contributed by atoms with Crippen molar-refractivity contribution in [1.82, 2.24) is 4.98 Å². The van der Waals surface area contributed by atoms with Gasteiger partial charge >= 0.3 is 0 Å². The van der Waals surface area contributed by atoms with E-state index in [9.17, 15) is 4.79 Å². The number of hydrogen-bond donors (Lipinski definition) is 2. The second-order valence-corrected chi connectivity index (χ2v) is 6.24. The van der Waals surface area contributed by atoms with Crippen molar-refractivity contribution in [1.29, 1.82) is 0 Å². The van der Waals surface area contributed by atoms with Crippen LogP contribution in [-0.4, -0.2) is 31.2 Å². The fraction of sp³-hybridized carbons (Fsp3) is 0.333. The molecule has 0 spiro atoms. The molecule has 1 saturated heterocycles. The highest BCUT2D eigenvalue weighted by atomic mass is 35.5. The van der Waals surface area contributed by atoms with Gasteiger partial charge in [0, 0.05) is 37.2 Å². The van der Waals surface area contributed by atoms with Gasteiger partial charge in [-0.1, -0.05) is 23.7 Å². The molecule has 0 aliphatic carbocycles. The minimum atomic E-state index is 0.477. The molecule has 3 rings (SSSR count). The number of amides is 1. The number of aromatic nitrogens is 1. The molecule has 1 aromatic heterocycles. The lowest BCUT2D eigenvalue weighted by molar-refractivity contribution is -0.105. The molecule has 6 heteroatoms. The summed E-state index contributed by atoms with van der Waals surface area (Å²) >= 11 is 6.27. The third-order valence-corrected chi connectivity index (χ3v) is 4.47. The smallest absolute Gasteiger partial charge is 0.212 e. The predicted molar refractivity (Wildman–Crippen MR) is 96.4 cm³/mol. The van der Waals surface area contributed by atoms with Gasteiger partial charge in [0.25, 0.3) is 0 Å². The number of carbonyl (C=O) groups is 1. The normalized spacial score (nSPS) is 15.0. The number of nitrogens with zero attached hydrogens (tertiary/aromatic N) is 1. The summed E-state index contributed by atoms with van der Waals surface area (Å²) in [5, 5.41) is 6.60. The van der Waals surface area contributed by atoms with E-state index in [1.165, 1.54) is 0 Å². The summed E-state index contributed by atoms with van der Waals surface area (Å²) in [4.78, 5) is 14.7. The monoisotopic (exact) mass is 345 g/mol. The van der Waals surface area contributed by atoms with Gasteiger partial charge in [0.2, 0.25) is 6.41 Å². The maximum absolute atomic E-state index is 10.6. The Morgan fingerprint density at radius 2 is 2.12 bits per heavy atom. The zero-order chi connectivity index (χ0) is 16.8. The highest BCUT2D eigenvalue weighted by Crippen LogP contribution is 2.31. The minimum absolute atomic E-state index is 0.477. The molecule has 0 radical (unpaired) electrons. The van der Waals surface area contributed by atoms with Gasteiger partial charge in [-0.25, -0.2) is 4.98 Å². The molecule has 0 unspecified atom stereocenters. The third-order valence-electron chi connectivity index (χ3n) is 4.17. The van der Waals surface area contributed by atoms with Crippen molar-refractivity contribution in [3.05, 3.63) is 41.6 Å². The molecule has 1 fully saturated rings. The van der Waals surface area contributed by atoms with Crippen molar-refractivity contribution in [3.8, 4) is 11.1 Å². The SMILES string of the molecule is O=CNc1cc(-c2cccc(NCC3CCOCC3)c2)c(Cl)cn1. The number of benzene rings is 1. The molecule has 2 heterocycles. The quantitative estimate of drug-likeness (QED) is 0.781. The van der Waals surface area contributed by atoms with E-state index in [4.69, 9.17) is 16.3 Å². The molecule has 5 nitrogen and oxygen atoms in total. The average Bonchev–Trinajstić information content (AvgIpc) is 2.63. The lowest BCUT2D eigenvalue weighted by atomic mass is 10.00. The zero-order valence-corrected chi connectivity index (χ0v) is 14.1. The van der Waals surface area contributed by atoms with Crippen molar-refractivity contribution < 1.29 is 9.53 Å². The Labute approximate surface area is 146 Å². The minimum Gasteiger partial charge on any atom is -0.385 e. The van der Waals surface area contributed by atoms with E-state index < -0.39 is 0 Å². The first-order valence-electron chi connectivity index (χ1n) is 8.04. The lowest BCUT2D eigenvalue weighted by Gasteiger charge is -2.22. The van der Waals surface area contributed by atoms with E-state index >= 15 is 0 Å². The highest BCUT2D eigenvalue weighted by Gasteiger charge is 2.13. The Bertz CT molecular complexity index is 702. The molecule has 126 valence electrons. The van der Waals surface area contributed by atoms with E-state index in [0.717, 1.165) is 49.4 Å². The van der Waals surface area contributed by atoms with E-state index in [1.54, 1.807) is 12.3 Å². The largest absolute Gasteiger partial charge is 0.385 e. The number of hydrogen-bond acceptors (Lipinski definition) is 4. The fourth-order valence-corrected chi connectivity index (χ4v) is 3.02. The number of nitrogens with one attached hydrogen (secondary N) is 2. The van der Waals surface area contributed by atoms with Crippen molar-refractivity contribution in [2.45, 2.75) is 12.8 Å². The van der Waals surface area contributed by atoms with Gasteiger partial charge in [-0.3, -0.25) is 4.79 Å². The van der Waals surface area contributed by atoms with Gasteiger partial charge in [-0.05, 0) is 42.5 Å². The molecule has 0 bridgehead atoms. The molecular weight excluding hydrogens is 326 g/mol. The molecular formula is C18H20ClN3O2. The summed E-state index contributed by atoms with van der Waals surface area (Å²) in [6, 6.07) is 9.86. The highest BCUT2D eigenvalue weighted by molar-refractivity contribution is 6.33. The number of ether oxygens (including phenoxy) is 1. The first-order valence-corrected chi connectivity index (χ1v) is 8.42. The maximum Gasteiger partial charge on any atom is 0.212 e. The van der Waals surface area contributed by atoms with Crippen LogP contribution >= 0.6 is 11.6 Å². The summed E-state index contributed by atoms with van der Waals surface area (Å²) in [7, 11) is 0. The van der Waals surface area contributed by atoms with Crippen LogP contribution < -0.4 is 10.6 Å². The standard InChI is InChI=1S/C18H20ClN3O2/c19-17-11-21-18(22-12-23)9-16(17)14-2-1-3-15(8-14)20-10-13-4-6-24-7-5-13/h1-3,8-9,11-13,20H,4-7,10H2,(H,21,22,23). The van der Waals surface area contributed by atoms with Crippen LogP contribution in [0.1, 0.15) is 12.8 Å². The number of carbonyl (C=O) groups excluding carboxylic acids is 1. The number of pyridine rings is 1. The maximum atomic E-state index is 10.6. The van der Waals surface area contributed by atoms with Crippen LogP contribution in [0.25, 0.3) is 11.1 Å². The summed E-state index contributed by atoms with van der Waals surface area (Å²) in [5.41, 5.74) is 2.87. The van der Waals surface area contributed by atoms with Crippen molar-refractivity contribution in [2.75, 3.05) is 30.4 Å². The molecule has 1 aliphatic rings. The van der Waals surface area contributed by atoms with Gasteiger partial charge in [0.15, 0.2) is 0 Å². The first-order chi connectivity index (χ1) is 11.8. The van der Waals surface area contributed by atoms with Crippen molar-refractivity contribution in [3.63, 3.8) is 0 Å². The number of rotatable bonds is 6. The Kier molecular flexibility index (Phi) is 5.67. The molecule has 1 amide bonds. The van der Waals surface area contributed by atoms with Gasteiger partial charge in [-0.15, -0.1) is 0 Å². The Hall–Kier alpha value is -2.11. The summed E-state index contributed by atoms with van der Waals surface area (Å²) in [5.74, 6) is 1.13. The van der Waals surface area contributed by atoms with Crippen LogP contribution in [0, 0.1) is 5.92 Å². The van der Waals surface area contributed by atoms with E-state index in [0.29, 0.717) is 23.2 Å². The summed E-state index contributed by atoms with van der Waals surface area (Å²) in [6.45, 7) is 2.64. The second-order valence-electron chi connectivity index (χ2n) is 5.83. The molecule has 2 aromatic rings. The first kappa shape index (κ1) is 16.7. The van der Waals surface area contributed by atoms with Crippen molar-refractivity contribution in [2.24, 2.45) is 5.92 Å². The third kappa shape index (κ3) is 4.24. The van der Waals surface area contributed by atoms with Crippen LogP contribution in [0.2, 0.25) is 5.02 Å². The van der Waals surface area contributed by atoms with Gasteiger partial charge in [0.1, 0.15) is 5.82 Å². The van der Waals surface area contributed by atoms with Crippen molar-refractivity contribution >= 4 is 29.5 Å². The summed E-state index contributed by atoms with van der Waals surface area (Å²) in [6.07, 6.45) is 4.35. The lowest BCUT2D eigenvalue weighted by Crippen LogP contribution is -2.22. The molecule has 0 atom stereocenters. The van der Waals surface area contributed by atoms with Crippen LogP contribution in [-0.2, 0) is 9.53 Å². The van der Waals surface area contributed by atoms with Gasteiger partial charge in [0.05, 0.1) is 5.02 Å². The Morgan fingerprint density at radius 3 is 2.92 bits per heavy atom. The van der Waals surface area contributed by atoms with E-state index in [-0.39, 0.29) is 0 Å². The Balaban J connectivity index is 1.74. The fourth-order valence-electron chi connectivity index (χ4n) is 2.81. The predicted octanol–water partition coefficient (Wildman–Crippen LogP) is 3.81. The number of halogens is 1. The van der Waals surface area contributed by atoms with E-state index in [2.05, 4.69) is 21.7 Å². The summed E-state index contributed by atoms with van der Waals surface area (Å²) < 4.78 is 5.39. The molecule has 0 saturated carbocycles. The van der Waals surface area contributed by atoms with Crippen LogP contribution in [0.4, 0.5) is 11.5 Å². The second kappa shape index (κ2) is 8.13. The van der Waals surface area contributed by atoms with E-state index in [1.807, 2.05) is 18.2 Å². The van der Waals surface area contributed by atoms with Crippen LogP contribution in [0.3, 0.4) is 0 Å². The molecule has 1 aromatic carbocycles. The van der Waals surface area contributed by atoms with Gasteiger partial charge in [-0.2, -0.15) is 0 Å². The number of anilines is 2. The van der Waals surface area contributed by atoms with Gasteiger partial charge < -0.3 is 15.4 Å². The molecule has 2 N–H and O–H groups in total. The van der Waals surface area contributed by atoms with Crippen LogP contribution in [0.15, 0.2) is 36.5 Å². The Morgan fingerprint density at radius 1 is 1.29 bits per heavy atom. The molecule has 1 aliphatic heterocycles. The molecule has 24 heavy (non-hydrogen) atoms. The average molecular weight is 346 g/mol. The zero-order valence-electron chi connectivity index (χ0n) is 13.3.